The average molecular weight is 257 g/mol. The fourth-order valence-electron chi connectivity index (χ4n) is 2.20. The molecule has 0 amide bonds. The van der Waals surface area contributed by atoms with E-state index in [9.17, 15) is 0 Å². The van der Waals surface area contributed by atoms with Crippen LogP contribution < -0.4 is 5.32 Å². The lowest BCUT2D eigenvalue weighted by molar-refractivity contribution is 0.107. The Bertz CT molecular complexity index is 168. The van der Waals surface area contributed by atoms with E-state index in [2.05, 4.69) is 46.9 Å². The lowest BCUT2D eigenvalue weighted by Gasteiger charge is -2.22. The maximum atomic E-state index is 5.60. The minimum absolute atomic E-state index is 0.646. The molecule has 0 rings (SSSR count). The van der Waals surface area contributed by atoms with Crippen molar-refractivity contribution in [2.75, 3.05) is 19.8 Å². The highest BCUT2D eigenvalue weighted by Crippen LogP contribution is 2.13. The van der Waals surface area contributed by atoms with Gasteiger partial charge < -0.3 is 10.1 Å². The van der Waals surface area contributed by atoms with E-state index in [1.807, 2.05) is 0 Å². The zero-order valence-electron chi connectivity index (χ0n) is 13.5. The Morgan fingerprint density at radius 3 is 1.83 bits per heavy atom. The Hall–Kier alpha value is -0.0800. The van der Waals surface area contributed by atoms with Crippen LogP contribution in [0.2, 0.25) is 0 Å². The Kier molecular flexibility index (Phi) is 10.8. The van der Waals surface area contributed by atoms with E-state index in [0.717, 1.165) is 38.0 Å². The molecule has 0 unspecified atom stereocenters. The van der Waals surface area contributed by atoms with E-state index in [1.165, 1.54) is 12.8 Å². The summed E-state index contributed by atoms with van der Waals surface area (Å²) in [6.07, 6.45) is 3.69. The molecule has 1 N–H and O–H groups in total. The van der Waals surface area contributed by atoms with Crippen LogP contribution in [0.3, 0.4) is 0 Å². The highest BCUT2D eigenvalue weighted by Gasteiger charge is 2.11. The lowest BCUT2D eigenvalue weighted by Crippen LogP contribution is -2.33. The highest BCUT2D eigenvalue weighted by molar-refractivity contribution is 4.70. The third kappa shape index (κ3) is 12.4. The molecule has 2 nitrogen and oxygen atoms in total. The van der Waals surface area contributed by atoms with Crippen LogP contribution in [0, 0.1) is 17.8 Å². The lowest BCUT2D eigenvalue weighted by atomic mass is 9.95. The Morgan fingerprint density at radius 1 is 0.833 bits per heavy atom. The van der Waals surface area contributed by atoms with Crippen molar-refractivity contribution >= 4 is 0 Å². The topological polar surface area (TPSA) is 21.3 Å². The molecular formula is C16H35NO. The second-order valence-electron chi connectivity index (χ2n) is 6.73. The quantitative estimate of drug-likeness (QED) is 0.563. The van der Waals surface area contributed by atoms with Crippen LogP contribution >= 0.6 is 0 Å². The number of nitrogens with one attached hydrogen (secondary N) is 1. The zero-order valence-corrected chi connectivity index (χ0v) is 13.5. The normalized spacial score (nSPS) is 12.3. The molecule has 0 aliphatic heterocycles. The van der Waals surface area contributed by atoms with Crippen molar-refractivity contribution in [3.63, 3.8) is 0 Å². The second-order valence-corrected chi connectivity index (χ2v) is 6.73. The molecule has 0 aliphatic rings. The summed E-state index contributed by atoms with van der Waals surface area (Å²) in [6.45, 7) is 16.5. The van der Waals surface area contributed by atoms with Gasteiger partial charge in [-0.25, -0.2) is 0 Å². The summed E-state index contributed by atoms with van der Waals surface area (Å²) in [5, 5.41) is 3.69. The minimum atomic E-state index is 0.646. The first kappa shape index (κ1) is 17.9. The number of hydrogen-bond donors (Lipinski definition) is 1. The smallest absolute Gasteiger partial charge is 0.0489 e. The summed E-state index contributed by atoms with van der Waals surface area (Å²) in [6, 6.07) is 0.676. The van der Waals surface area contributed by atoms with Crippen molar-refractivity contribution in [2.24, 2.45) is 17.8 Å². The summed E-state index contributed by atoms with van der Waals surface area (Å²) in [4.78, 5) is 0. The van der Waals surface area contributed by atoms with Gasteiger partial charge in [-0.15, -0.1) is 0 Å². The third-order valence-electron chi connectivity index (χ3n) is 2.86. The highest BCUT2D eigenvalue weighted by atomic mass is 16.5. The van der Waals surface area contributed by atoms with Crippen molar-refractivity contribution in [1.29, 1.82) is 0 Å². The zero-order chi connectivity index (χ0) is 14.0. The van der Waals surface area contributed by atoms with Gasteiger partial charge in [0.2, 0.25) is 0 Å². The van der Waals surface area contributed by atoms with Crippen molar-refractivity contribution in [3.05, 3.63) is 0 Å². The van der Waals surface area contributed by atoms with Crippen molar-refractivity contribution in [2.45, 2.75) is 66.8 Å². The second kappa shape index (κ2) is 10.8. The number of hydrogen-bond acceptors (Lipinski definition) is 2. The van der Waals surface area contributed by atoms with Gasteiger partial charge in [0, 0.05) is 19.3 Å². The third-order valence-corrected chi connectivity index (χ3v) is 2.86. The molecule has 0 aliphatic carbocycles. The van der Waals surface area contributed by atoms with Crippen LogP contribution in [-0.2, 0) is 4.74 Å². The summed E-state index contributed by atoms with van der Waals surface area (Å²) in [5.74, 6) is 2.20. The molecule has 18 heavy (non-hydrogen) atoms. The van der Waals surface area contributed by atoms with Crippen LogP contribution in [-0.4, -0.2) is 25.8 Å². The standard InChI is InChI=1S/C16H35NO/c1-13(2)10-16(11-14(3)4)17-8-7-9-18-12-15(5)6/h13-17H,7-12H2,1-6H3. The van der Waals surface area contributed by atoms with Crippen molar-refractivity contribution < 1.29 is 4.74 Å². The molecule has 0 aromatic heterocycles. The molecule has 2 heteroatoms. The van der Waals surface area contributed by atoms with Crippen molar-refractivity contribution in [1.82, 2.24) is 5.32 Å². The summed E-state index contributed by atoms with van der Waals surface area (Å²) in [7, 11) is 0. The SMILES string of the molecule is CC(C)COCCCNC(CC(C)C)CC(C)C. The monoisotopic (exact) mass is 257 g/mol. The number of rotatable bonds is 11. The molecule has 0 spiro atoms. The fourth-order valence-corrected chi connectivity index (χ4v) is 2.20. The maximum absolute atomic E-state index is 5.60. The molecule has 0 atom stereocenters. The van der Waals surface area contributed by atoms with Crippen LogP contribution in [0.4, 0.5) is 0 Å². The first-order chi connectivity index (χ1) is 8.41. The van der Waals surface area contributed by atoms with Crippen LogP contribution in [0.5, 0.6) is 0 Å². The predicted octanol–water partition coefficient (Wildman–Crippen LogP) is 4.10. The van der Waals surface area contributed by atoms with E-state index in [-0.39, 0.29) is 0 Å². The van der Waals surface area contributed by atoms with Crippen LogP contribution in [0.15, 0.2) is 0 Å². The molecule has 0 aromatic rings. The molecule has 110 valence electrons. The van der Waals surface area contributed by atoms with Gasteiger partial charge in [-0.3, -0.25) is 0 Å². The molecule has 0 saturated carbocycles. The van der Waals surface area contributed by atoms with Gasteiger partial charge in [-0.05, 0) is 43.6 Å². The van der Waals surface area contributed by atoms with Gasteiger partial charge in [-0.2, -0.15) is 0 Å². The molecule has 0 heterocycles. The summed E-state index contributed by atoms with van der Waals surface area (Å²) < 4.78 is 5.60. The first-order valence-electron chi connectivity index (χ1n) is 7.72. The van der Waals surface area contributed by atoms with E-state index in [0.29, 0.717) is 12.0 Å². The van der Waals surface area contributed by atoms with Gasteiger partial charge in [0.1, 0.15) is 0 Å². The molecule has 0 aromatic carbocycles. The van der Waals surface area contributed by atoms with Crippen molar-refractivity contribution in [3.8, 4) is 0 Å². The minimum Gasteiger partial charge on any atom is -0.381 e. The van der Waals surface area contributed by atoms with E-state index in [4.69, 9.17) is 4.74 Å². The Morgan fingerprint density at radius 2 is 1.39 bits per heavy atom. The first-order valence-corrected chi connectivity index (χ1v) is 7.72. The van der Waals surface area contributed by atoms with Gasteiger partial charge in [0.15, 0.2) is 0 Å². The van der Waals surface area contributed by atoms with E-state index < -0.39 is 0 Å². The average Bonchev–Trinajstić information content (AvgIpc) is 2.20. The van der Waals surface area contributed by atoms with Gasteiger partial charge in [-0.1, -0.05) is 41.5 Å². The number of ether oxygens (including phenoxy) is 1. The molecule has 0 fully saturated rings. The Balaban J connectivity index is 3.62. The van der Waals surface area contributed by atoms with Crippen LogP contribution in [0.1, 0.15) is 60.8 Å². The largest absolute Gasteiger partial charge is 0.381 e. The van der Waals surface area contributed by atoms with Gasteiger partial charge >= 0.3 is 0 Å². The summed E-state index contributed by atoms with van der Waals surface area (Å²) in [5.41, 5.74) is 0. The van der Waals surface area contributed by atoms with Crippen LogP contribution in [0.25, 0.3) is 0 Å². The van der Waals surface area contributed by atoms with Gasteiger partial charge in [0.25, 0.3) is 0 Å². The van der Waals surface area contributed by atoms with E-state index in [1.54, 1.807) is 0 Å². The molecule has 0 radical (unpaired) electrons. The summed E-state index contributed by atoms with van der Waals surface area (Å²) >= 11 is 0. The molecule has 0 bridgehead atoms. The molecule has 0 saturated heterocycles. The Labute approximate surface area is 115 Å². The van der Waals surface area contributed by atoms with Gasteiger partial charge in [0.05, 0.1) is 0 Å². The molecular weight excluding hydrogens is 222 g/mol. The predicted molar refractivity (Wildman–Crippen MR) is 81.0 cm³/mol. The van der Waals surface area contributed by atoms with E-state index >= 15 is 0 Å². The maximum Gasteiger partial charge on any atom is 0.0489 e. The fraction of sp³-hybridized carbons (Fsp3) is 1.00.